The van der Waals surface area contributed by atoms with Gasteiger partial charge in [0.05, 0.1) is 36.1 Å². The van der Waals surface area contributed by atoms with Crippen LogP contribution in [-0.4, -0.2) is 41.0 Å². The van der Waals surface area contributed by atoms with Gasteiger partial charge in [-0.3, -0.25) is 13.9 Å². The van der Waals surface area contributed by atoms with Crippen molar-refractivity contribution >= 4 is 33.2 Å². The van der Waals surface area contributed by atoms with Crippen LogP contribution in [0.1, 0.15) is 10.4 Å². The molecule has 0 saturated carbocycles. The van der Waals surface area contributed by atoms with Crippen LogP contribution in [-0.2, 0) is 14.8 Å². The number of primary amides is 1. The van der Waals surface area contributed by atoms with E-state index in [0.717, 1.165) is 4.31 Å². The number of amides is 2. The van der Waals surface area contributed by atoms with E-state index >= 15 is 0 Å². The number of anilines is 2. The Balaban J connectivity index is 2.01. The molecule has 172 valence electrons. The third-order valence-corrected chi connectivity index (χ3v) is 6.53. The molecule has 33 heavy (non-hydrogen) atoms. The molecule has 0 aliphatic rings. The van der Waals surface area contributed by atoms with Gasteiger partial charge in [0.1, 0.15) is 6.54 Å². The van der Waals surface area contributed by atoms with Crippen molar-refractivity contribution in [1.82, 2.24) is 0 Å². The average Bonchev–Trinajstić information content (AvgIpc) is 2.82. The minimum absolute atomic E-state index is 0.00474. The van der Waals surface area contributed by atoms with Crippen molar-refractivity contribution in [2.75, 3.05) is 30.4 Å². The van der Waals surface area contributed by atoms with Crippen LogP contribution in [0.25, 0.3) is 0 Å². The van der Waals surface area contributed by atoms with Crippen molar-refractivity contribution in [3.63, 3.8) is 0 Å². The number of hydrogen-bond acceptors (Lipinski definition) is 6. The number of benzene rings is 3. The smallest absolute Gasteiger partial charge is 0.264 e. The number of ether oxygens (including phenoxy) is 2. The highest BCUT2D eigenvalue weighted by Crippen LogP contribution is 2.33. The number of para-hydroxylation sites is 1. The van der Waals surface area contributed by atoms with Crippen LogP contribution in [0.2, 0.25) is 0 Å². The Kier molecular flexibility index (Phi) is 7.19. The zero-order valence-electron chi connectivity index (χ0n) is 18.0. The predicted molar refractivity (Wildman–Crippen MR) is 124 cm³/mol. The van der Waals surface area contributed by atoms with Crippen molar-refractivity contribution in [2.24, 2.45) is 5.73 Å². The maximum atomic E-state index is 13.4. The Morgan fingerprint density at radius 3 is 2.18 bits per heavy atom. The second-order valence-corrected chi connectivity index (χ2v) is 8.68. The van der Waals surface area contributed by atoms with E-state index in [1.54, 1.807) is 36.4 Å². The molecule has 0 heterocycles. The van der Waals surface area contributed by atoms with E-state index in [4.69, 9.17) is 15.2 Å². The average molecular weight is 470 g/mol. The van der Waals surface area contributed by atoms with Crippen molar-refractivity contribution in [2.45, 2.75) is 4.90 Å². The molecule has 0 aliphatic heterocycles. The van der Waals surface area contributed by atoms with Gasteiger partial charge in [-0.1, -0.05) is 30.3 Å². The lowest BCUT2D eigenvalue weighted by atomic mass is 10.1. The lowest BCUT2D eigenvalue weighted by Crippen LogP contribution is -2.38. The fourth-order valence-corrected chi connectivity index (χ4v) is 4.58. The maximum absolute atomic E-state index is 13.4. The first-order chi connectivity index (χ1) is 15.8. The van der Waals surface area contributed by atoms with Crippen LogP contribution in [0.15, 0.2) is 77.7 Å². The van der Waals surface area contributed by atoms with Gasteiger partial charge in [-0.05, 0) is 36.4 Å². The minimum atomic E-state index is -4.13. The number of methoxy groups -OCH3 is 2. The molecule has 0 aromatic heterocycles. The Bertz CT molecular complexity index is 1260. The van der Waals surface area contributed by atoms with Crippen LogP contribution in [0.5, 0.6) is 11.5 Å². The Hall–Kier alpha value is -4.05. The van der Waals surface area contributed by atoms with Crippen LogP contribution in [0.3, 0.4) is 0 Å². The first-order valence-corrected chi connectivity index (χ1v) is 11.2. The quantitative estimate of drug-likeness (QED) is 0.496. The summed E-state index contributed by atoms with van der Waals surface area (Å²) in [5, 5.41) is 2.56. The summed E-state index contributed by atoms with van der Waals surface area (Å²) >= 11 is 0. The molecule has 0 atom stereocenters. The van der Waals surface area contributed by atoms with Gasteiger partial charge >= 0.3 is 0 Å². The fraction of sp³-hybridized carbons (Fsp3) is 0.130. The predicted octanol–water partition coefficient (Wildman–Crippen LogP) is 2.64. The lowest BCUT2D eigenvalue weighted by molar-refractivity contribution is -0.114. The van der Waals surface area contributed by atoms with Crippen molar-refractivity contribution in [1.29, 1.82) is 0 Å². The van der Waals surface area contributed by atoms with Gasteiger partial charge in [0.25, 0.3) is 15.9 Å². The molecule has 3 aromatic rings. The summed E-state index contributed by atoms with van der Waals surface area (Å²) in [4.78, 5) is 24.6. The van der Waals surface area contributed by atoms with E-state index in [0.29, 0.717) is 11.5 Å². The van der Waals surface area contributed by atoms with E-state index < -0.39 is 28.4 Å². The summed E-state index contributed by atoms with van der Waals surface area (Å²) < 4.78 is 38.4. The number of nitrogens with two attached hydrogens (primary N) is 1. The van der Waals surface area contributed by atoms with E-state index in [2.05, 4.69) is 5.32 Å². The zero-order valence-corrected chi connectivity index (χ0v) is 18.8. The third kappa shape index (κ3) is 5.24. The number of nitrogens with zero attached hydrogens (tertiary/aromatic N) is 1. The summed E-state index contributed by atoms with van der Waals surface area (Å²) in [5.41, 5.74) is 5.84. The van der Waals surface area contributed by atoms with E-state index in [1.165, 1.54) is 50.6 Å². The van der Waals surface area contributed by atoms with Crippen LogP contribution in [0.4, 0.5) is 11.4 Å². The molecule has 0 fully saturated rings. The van der Waals surface area contributed by atoms with Crippen LogP contribution >= 0.6 is 0 Å². The number of nitrogens with one attached hydrogen (secondary N) is 1. The Labute approximate surface area is 191 Å². The van der Waals surface area contributed by atoms with Gasteiger partial charge in [0.15, 0.2) is 11.5 Å². The molecule has 0 spiro atoms. The molecule has 3 N–H and O–H groups in total. The van der Waals surface area contributed by atoms with Crippen molar-refractivity contribution in [3.05, 3.63) is 78.4 Å². The van der Waals surface area contributed by atoms with E-state index in [1.807, 2.05) is 0 Å². The molecule has 2 amide bonds. The summed E-state index contributed by atoms with van der Waals surface area (Å²) in [6.07, 6.45) is 0. The number of carbonyl (C=O) groups excluding carboxylic acids is 2. The number of carbonyl (C=O) groups is 2. The van der Waals surface area contributed by atoms with E-state index in [9.17, 15) is 18.0 Å². The van der Waals surface area contributed by atoms with Gasteiger partial charge in [-0.15, -0.1) is 0 Å². The Morgan fingerprint density at radius 1 is 0.909 bits per heavy atom. The fourth-order valence-electron chi connectivity index (χ4n) is 3.14. The molecule has 0 saturated heterocycles. The second-order valence-electron chi connectivity index (χ2n) is 6.82. The SMILES string of the molecule is COc1ccc(N(CC(=O)Nc2ccccc2C(N)=O)S(=O)(=O)c2ccccc2)cc1OC. The normalized spacial score (nSPS) is 10.8. The third-order valence-electron chi connectivity index (χ3n) is 4.74. The Morgan fingerprint density at radius 2 is 1.55 bits per heavy atom. The molecule has 3 aromatic carbocycles. The van der Waals surface area contributed by atoms with Crippen LogP contribution in [0, 0.1) is 0 Å². The number of hydrogen-bond donors (Lipinski definition) is 2. The zero-order chi connectivity index (χ0) is 24.0. The first-order valence-electron chi connectivity index (χ1n) is 9.76. The van der Waals surface area contributed by atoms with Gasteiger partial charge < -0.3 is 20.5 Å². The van der Waals surface area contributed by atoms with Crippen LogP contribution < -0.4 is 24.8 Å². The van der Waals surface area contributed by atoms with Gasteiger partial charge in [0, 0.05) is 6.07 Å². The summed E-state index contributed by atoms with van der Waals surface area (Å²) in [6, 6.07) is 18.4. The molecule has 0 bridgehead atoms. The molecule has 0 radical (unpaired) electrons. The number of sulfonamides is 1. The van der Waals surface area contributed by atoms with Gasteiger partial charge in [-0.25, -0.2) is 8.42 Å². The molecule has 9 nitrogen and oxygen atoms in total. The standard InChI is InChI=1S/C23H23N3O6S/c1-31-20-13-12-16(14-21(20)32-2)26(33(29,30)17-8-4-3-5-9-17)15-22(27)25-19-11-7-6-10-18(19)23(24)28/h3-14H,15H2,1-2H3,(H2,24,28)(H,25,27). The minimum Gasteiger partial charge on any atom is -0.493 e. The summed E-state index contributed by atoms with van der Waals surface area (Å²) in [6.45, 7) is -0.570. The highest BCUT2D eigenvalue weighted by atomic mass is 32.2. The molecule has 3 rings (SSSR count). The topological polar surface area (TPSA) is 128 Å². The number of rotatable bonds is 9. The van der Waals surface area contributed by atoms with Gasteiger partial charge in [-0.2, -0.15) is 0 Å². The highest BCUT2D eigenvalue weighted by Gasteiger charge is 2.28. The maximum Gasteiger partial charge on any atom is 0.264 e. The highest BCUT2D eigenvalue weighted by molar-refractivity contribution is 7.92. The molecule has 0 unspecified atom stereocenters. The van der Waals surface area contributed by atoms with Gasteiger partial charge in [0.2, 0.25) is 5.91 Å². The largest absolute Gasteiger partial charge is 0.493 e. The molecule has 10 heteroatoms. The monoisotopic (exact) mass is 469 g/mol. The van der Waals surface area contributed by atoms with Crippen molar-refractivity contribution in [3.8, 4) is 11.5 Å². The second kappa shape index (κ2) is 10.0. The molecular formula is C23H23N3O6S. The first kappa shape index (κ1) is 23.6. The van der Waals surface area contributed by atoms with E-state index in [-0.39, 0.29) is 21.8 Å². The molecular weight excluding hydrogens is 446 g/mol. The van der Waals surface area contributed by atoms with Crippen molar-refractivity contribution < 1.29 is 27.5 Å². The summed E-state index contributed by atoms with van der Waals surface area (Å²) in [7, 11) is -1.25. The summed E-state index contributed by atoms with van der Waals surface area (Å²) in [5.74, 6) is -0.696. The molecule has 0 aliphatic carbocycles. The lowest BCUT2D eigenvalue weighted by Gasteiger charge is -2.25.